The highest BCUT2D eigenvalue weighted by Gasteiger charge is 2.29. The molecule has 0 fully saturated rings. The van der Waals surface area contributed by atoms with Crippen LogP contribution in [0.5, 0.6) is 0 Å². The summed E-state index contributed by atoms with van der Waals surface area (Å²) in [5, 5.41) is 1.85. The van der Waals surface area contributed by atoms with Crippen molar-refractivity contribution in [2.24, 2.45) is 5.92 Å². The van der Waals surface area contributed by atoms with E-state index in [4.69, 9.17) is 5.73 Å². The lowest BCUT2D eigenvalue weighted by Gasteiger charge is -2.20. The van der Waals surface area contributed by atoms with Crippen LogP contribution in [0.2, 0.25) is 0 Å². The van der Waals surface area contributed by atoms with Crippen molar-refractivity contribution < 1.29 is 8.42 Å². The average Bonchev–Trinajstić information content (AvgIpc) is 2.87. The summed E-state index contributed by atoms with van der Waals surface area (Å²) in [6, 6.07) is 0. The molecule has 0 aromatic carbocycles. The third-order valence-electron chi connectivity index (χ3n) is 3.16. The van der Waals surface area contributed by atoms with Crippen molar-refractivity contribution in [3.63, 3.8) is 0 Å². The Kier molecular flexibility index (Phi) is 3.84. The van der Waals surface area contributed by atoms with E-state index < -0.39 is 10.0 Å². The van der Waals surface area contributed by atoms with Gasteiger partial charge in [-0.1, -0.05) is 20.3 Å². The molecule has 2 heterocycles. The zero-order chi connectivity index (χ0) is 14.2. The van der Waals surface area contributed by atoms with Crippen LogP contribution in [0.25, 0.3) is 4.96 Å². The minimum Gasteiger partial charge on any atom is -0.381 e. The summed E-state index contributed by atoms with van der Waals surface area (Å²) in [6.45, 7) is 4.52. The van der Waals surface area contributed by atoms with Gasteiger partial charge in [0, 0.05) is 25.2 Å². The fraction of sp³-hybridized carbons (Fsp3) is 0.545. The molecule has 19 heavy (non-hydrogen) atoms. The van der Waals surface area contributed by atoms with Crippen molar-refractivity contribution in [2.45, 2.75) is 25.3 Å². The fourth-order valence-corrected chi connectivity index (χ4v) is 4.08. The molecule has 8 heteroatoms. The summed E-state index contributed by atoms with van der Waals surface area (Å²) in [5.41, 5.74) is 5.75. The van der Waals surface area contributed by atoms with Crippen LogP contribution in [0.4, 0.5) is 5.82 Å². The van der Waals surface area contributed by atoms with Gasteiger partial charge in [-0.2, -0.15) is 4.31 Å². The maximum atomic E-state index is 12.6. The molecule has 0 bridgehead atoms. The highest BCUT2D eigenvalue weighted by atomic mass is 32.2. The van der Waals surface area contributed by atoms with Gasteiger partial charge in [0.2, 0.25) is 0 Å². The van der Waals surface area contributed by atoms with E-state index in [-0.39, 0.29) is 10.8 Å². The second-order valence-corrected chi connectivity index (χ2v) is 7.49. The van der Waals surface area contributed by atoms with E-state index in [9.17, 15) is 8.42 Å². The first-order valence-electron chi connectivity index (χ1n) is 6.05. The molecule has 2 aromatic heterocycles. The number of nitrogens with zero attached hydrogens (tertiary/aromatic N) is 3. The standard InChI is InChI=1S/C11H18N4O2S2/c1-4-8(2)7-14(3)19(16,17)10-9(12)13-11-15(10)5-6-18-11/h5-6,8H,4,7,12H2,1-3H3. The smallest absolute Gasteiger partial charge is 0.262 e. The van der Waals surface area contributed by atoms with Crippen molar-refractivity contribution in [1.82, 2.24) is 13.7 Å². The Bertz CT molecular complexity index is 674. The van der Waals surface area contributed by atoms with Crippen LogP contribution in [0.15, 0.2) is 16.6 Å². The summed E-state index contributed by atoms with van der Waals surface area (Å²) < 4.78 is 28.0. The van der Waals surface area contributed by atoms with E-state index in [2.05, 4.69) is 4.98 Å². The van der Waals surface area contributed by atoms with Crippen LogP contribution < -0.4 is 5.73 Å². The number of hydrogen-bond donors (Lipinski definition) is 1. The van der Waals surface area contributed by atoms with Crippen LogP contribution in [0, 0.1) is 5.92 Å². The molecular weight excluding hydrogens is 284 g/mol. The number of rotatable bonds is 5. The van der Waals surface area contributed by atoms with E-state index in [1.165, 1.54) is 20.0 Å². The summed E-state index contributed by atoms with van der Waals surface area (Å²) in [7, 11) is -2.04. The molecule has 6 nitrogen and oxygen atoms in total. The van der Waals surface area contributed by atoms with Crippen molar-refractivity contribution in [1.29, 1.82) is 0 Å². The maximum Gasteiger partial charge on any atom is 0.262 e. The fourth-order valence-electron chi connectivity index (χ4n) is 1.85. The second-order valence-electron chi connectivity index (χ2n) is 4.66. The van der Waals surface area contributed by atoms with Crippen LogP contribution in [-0.2, 0) is 10.0 Å². The van der Waals surface area contributed by atoms with Gasteiger partial charge in [0.05, 0.1) is 0 Å². The van der Waals surface area contributed by atoms with Gasteiger partial charge in [-0.3, -0.25) is 4.40 Å². The van der Waals surface area contributed by atoms with Crippen LogP contribution in [-0.4, -0.2) is 35.7 Å². The first kappa shape index (κ1) is 14.3. The lowest BCUT2D eigenvalue weighted by atomic mass is 10.1. The topological polar surface area (TPSA) is 80.7 Å². The number of fused-ring (bicyclic) bond motifs is 1. The first-order valence-corrected chi connectivity index (χ1v) is 8.37. The van der Waals surface area contributed by atoms with Gasteiger partial charge in [-0.25, -0.2) is 13.4 Å². The van der Waals surface area contributed by atoms with Gasteiger partial charge >= 0.3 is 0 Å². The second kappa shape index (κ2) is 5.10. The average molecular weight is 302 g/mol. The van der Waals surface area contributed by atoms with Gasteiger partial charge < -0.3 is 5.73 Å². The predicted octanol–water partition coefficient (Wildman–Crippen LogP) is 1.64. The van der Waals surface area contributed by atoms with Crippen molar-refractivity contribution >= 4 is 32.1 Å². The number of thiazole rings is 1. The number of sulfonamides is 1. The van der Waals surface area contributed by atoms with Gasteiger partial charge in [0.25, 0.3) is 10.0 Å². The minimum absolute atomic E-state index is 0.0582. The summed E-state index contributed by atoms with van der Waals surface area (Å²) in [4.78, 5) is 4.67. The molecule has 2 aromatic rings. The molecule has 0 spiro atoms. The molecule has 1 unspecified atom stereocenters. The van der Waals surface area contributed by atoms with E-state index in [1.807, 2.05) is 13.8 Å². The largest absolute Gasteiger partial charge is 0.381 e. The summed E-state index contributed by atoms with van der Waals surface area (Å²) in [6.07, 6.45) is 2.60. The molecular formula is C11H18N4O2S2. The van der Waals surface area contributed by atoms with E-state index >= 15 is 0 Å². The molecule has 0 amide bonds. The van der Waals surface area contributed by atoms with Crippen LogP contribution in [0.3, 0.4) is 0 Å². The normalized spacial score (nSPS) is 14.3. The highest BCUT2D eigenvalue weighted by Crippen LogP contribution is 2.26. The number of anilines is 1. The number of aromatic nitrogens is 2. The van der Waals surface area contributed by atoms with Crippen LogP contribution >= 0.6 is 11.3 Å². The Morgan fingerprint density at radius 1 is 1.58 bits per heavy atom. The zero-order valence-corrected chi connectivity index (χ0v) is 12.8. The summed E-state index contributed by atoms with van der Waals surface area (Å²) >= 11 is 1.36. The van der Waals surface area contributed by atoms with E-state index in [0.29, 0.717) is 17.4 Å². The number of hydrogen-bond acceptors (Lipinski definition) is 5. The van der Waals surface area contributed by atoms with Crippen LogP contribution in [0.1, 0.15) is 20.3 Å². The monoisotopic (exact) mass is 302 g/mol. The van der Waals surface area contributed by atoms with Gasteiger partial charge in [0.1, 0.15) is 0 Å². The first-order chi connectivity index (χ1) is 8.87. The molecule has 1 atom stereocenters. The molecule has 0 radical (unpaired) electrons. The molecule has 106 valence electrons. The Labute approximate surface area is 116 Å². The minimum atomic E-state index is -3.61. The lowest BCUT2D eigenvalue weighted by molar-refractivity contribution is 0.392. The van der Waals surface area contributed by atoms with Crippen molar-refractivity contribution in [3.05, 3.63) is 11.6 Å². The summed E-state index contributed by atoms with van der Waals surface area (Å²) in [5.74, 6) is 0.356. The Morgan fingerprint density at radius 2 is 2.26 bits per heavy atom. The molecule has 0 aliphatic heterocycles. The molecule has 0 saturated carbocycles. The Balaban J connectivity index is 2.44. The van der Waals surface area contributed by atoms with Crippen molar-refractivity contribution in [2.75, 3.05) is 19.3 Å². The molecule has 0 aliphatic rings. The van der Waals surface area contributed by atoms with Crippen molar-refractivity contribution in [3.8, 4) is 0 Å². The number of nitrogens with two attached hydrogens (primary N) is 1. The van der Waals surface area contributed by atoms with E-state index in [0.717, 1.165) is 6.42 Å². The predicted molar refractivity (Wildman–Crippen MR) is 76.8 cm³/mol. The quantitative estimate of drug-likeness (QED) is 0.910. The molecule has 2 N–H and O–H groups in total. The van der Waals surface area contributed by atoms with Gasteiger partial charge in [-0.05, 0) is 5.92 Å². The van der Waals surface area contributed by atoms with E-state index in [1.54, 1.807) is 18.6 Å². The molecule has 2 rings (SSSR count). The highest BCUT2D eigenvalue weighted by molar-refractivity contribution is 7.89. The third kappa shape index (κ3) is 2.47. The van der Waals surface area contributed by atoms with Gasteiger partial charge in [-0.15, -0.1) is 11.3 Å². The molecule has 0 aliphatic carbocycles. The third-order valence-corrected chi connectivity index (χ3v) is 5.78. The van der Waals surface area contributed by atoms with Gasteiger partial charge in [0.15, 0.2) is 15.8 Å². The number of imidazole rings is 1. The maximum absolute atomic E-state index is 12.6. The SMILES string of the molecule is CCC(C)CN(C)S(=O)(=O)c1c(N)nc2sccn12. The Morgan fingerprint density at radius 3 is 2.89 bits per heavy atom. The lowest BCUT2D eigenvalue weighted by Crippen LogP contribution is -2.32. The molecule has 0 saturated heterocycles. The Hall–Kier alpha value is -1.12. The zero-order valence-electron chi connectivity index (χ0n) is 11.2. The number of nitrogen functional groups attached to an aromatic ring is 1.